The Balaban J connectivity index is 1.35. The van der Waals surface area contributed by atoms with Crippen molar-refractivity contribution in [3.05, 3.63) is 76.3 Å². The number of rotatable bonds is 6. The molecular formula is C32H35Cl2N3O4. The number of carbonyl (C=O) groups excluding carboxylic acids is 3. The summed E-state index contributed by atoms with van der Waals surface area (Å²) in [5, 5.41) is 6.96. The number of hydrogen-bond donors (Lipinski definition) is 2. The Kier molecular flexibility index (Phi) is 7.41. The fourth-order valence-electron chi connectivity index (χ4n) is 7.41. The number of halogens is 2. The van der Waals surface area contributed by atoms with Crippen molar-refractivity contribution in [1.82, 2.24) is 10.2 Å². The highest BCUT2D eigenvalue weighted by Crippen LogP contribution is 2.57. The summed E-state index contributed by atoms with van der Waals surface area (Å²) >= 11 is 12.3. The van der Waals surface area contributed by atoms with Crippen LogP contribution in [0.5, 0.6) is 0 Å². The highest BCUT2D eigenvalue weighted by Gasteiger charge is 2.73. The van der Waals surface area contributed by atoms with Crippen molar-refractivity contribution in [2.45, 2.75) is 69.9 Å². The number of fused-ring (bicyclic) bond motifs is 1. The molecule has 2 aromatic rings. The van der Waals surface area contributed by atoms with E-state index in [-0.39, 0.29) is 23.8 Å². The SMILES string of the molecule is CC1CCCC(NC(=O)C2N(C(C)c3ccccc3)C(=O)C3C(C(=O)Nc4cc(Cl)cc(Cl)c4)C4C=CC32O4)C1C. The monoisotopic (exact) mass is 595 g/mol. The van der Waals surface area contributed by atoms with E-state index >= 15 is 0 Å². The normalized spacial score (nSPS) is 34.4. The molecule has 3 amide bonds. The zero-order chi connectivity index (χ0) is 29.1. The van der Waals surface area contributed by atoms with Crippen LogP contribution >= 0.6 is 23.2 Å². The van der Waals surface area contributed by atoms with Crippen molar-refractivity contribution in [2.75, 3.05) is 5.32 Å². The van der Waals surface area contributed by atoms with Crippen molar-refractivity contribution in [3.63, 3.8) is 0 Å². The van der Waals surface area contributed by atoms with Crippen molar-refractivity contribution < 1.29 is 19.1 Å². The first-order chi connectivity index (χ1) is 19.6. The molecule has 9 unspecified atom stereocenters. The molecule has 4 aliphatic rings. The Morgan fingerprint density at radius 2 is 1.76 bits per heavy atom. The van der Waals surface area contributed by atoms with Crippen LogP contribution in [0.4, 0.5) is 5.69 Å². The van der Waals surface area contributed by atoms with Crippen LogP contribution in [0.25, 0.3) is 0 Å². The van der Waals surface area contributed by atoms with Crippen LogP contribution in [-0.4, -0.2) is 46.4 Å². The van der Waals surface area contributed by atoms with Gasteiger partial charge in [0.05, 0.1) is 24.0 Å². The van der Waals surface area contributed by atoms with E-state index in [9.17, 15) is 14.4 Å². The van der Waals surface area contributed by atoms with Crippen LogP contribution in [-0.2, 0) is 19.1 Å². The number of benzene rings is 2. The van der Waals surface area contributed by atoms with Gasteiger partial charge in [-0.1, -0.05) is 92.4 Å². The molecule has 2 aromatic carbocycles. The topological polar surface area (TPSA) is 87.7 Å². The second-order valence-electron chi connectivity index (χ2n) is 12.1. The molecule has 216 valence electrons. The van der Waals surface area contributed by atoms with Gasteiger partial charge in [0.2, 0.25) is 17.7 Å². The summed E-state index contributed by atoms with van der Waals surface area (Å²) in [6.45, 7) is 6.33. The second kappa shape index (κ2) is 10.8. The van der Waals surface area contributed by atoms with Crippen LogP contribution in [0.2, 0.25) is 10.0 Å². The van der Waals surface area contributed by atoms with Crippen LogP contribution in [0.1, 0.15) is 51.6 Å². The molecule has 0 radical (unpaired) electrons. The number of likely N-dealkylation sites (tertiary alicyclic amines) is 1. The lowest BCUT2D eigenvalue weighted by atomic mass is 9.73. The van der Waals surface area contributed by atoms with Gasteiger partial charge >= 0.3 is 0 Å². The maximum Gasteiger partial charge on any atom is 0.246 e. The minimum Gasteiger partial charge on any atom is -0.359 e. The standard InChI is InChI=1S/C32H35Cl2N3O4/c1-17-8-7-11-24(18(17)2)36-30(39)28-32-13-12-25(41-32)26(29(38)35-23-15-21(33)14-22(34)16-23)27(32)31(40)37(28)19(3)20-9-5-4-6-10-20/h4-6,9-10,12-19,24-28H,7-8,11H2,1-3H3,(H,35,38)(H,36,39). The van der Waals surface area contributed by atoms with Crippen molar-refractivity contribution in [3.8, 4) is 0 Å². The Morgan fingerprint density at radius 3 is 2.46 bits per heavy atom. The number of nitrogens with one attached hydrogen (secondary N) is 2. The zero-order valence-electron chi connectivity index (χ0n) is 23.3. The van der Waals surface area contributed by atoms with E-state index in [1.165, 1.54) is 0 Å². The molecule has 0 aromatic heterocycles. The third-order valence-electron chi connectivity index (χ3n) is 9.73. The first-order valence-electron chi connectivity index (χ1n) is 14.4. The Labute approximate surface area is 250 Å². The lowest BCUT2D eigenvalue weighted by Gasteiger charge is -2.39. The molecule has 9 heteroatoms. The molecule has 2 bridgehead atoms. The highest BCUT2D eigenvalue weighted by molar-refractivity contribution is 6.35. The van der Waals surface area contributed by atoms with Gasteiger partial charge in [-0.2, -0.15) is 0 Å². The number of hydrogen-bond acceptors (Lipinski definition) is 4. The van der Waals surface area contributed by atoms with Gasteiger partial charge in [0, 0.05) is 21.8 Å². The van der Waals surface area contributed by atoms with Gasteiger partial charge in [-0.15, -0.1) is 0 Å². The lowest BCUT2D eigenvalue weighted by molar-refractivity contribution is -0.144. The number of anilines is 1. The highest BCUT2D eigenvalue weighted by atomic mass is 35.5. The quantitative estimate of drug-likeness (QED) is 0.414. The lowest BCUT2D eigenvalue weighted by Crippen LogP contribution is -2.58. The van der Waals surface area contributed by atoms with E-state index in [1.54, 1.807) is 23.1 Å². The first-order valence-corrected chi connectivity index (χ1v) is 15.2. The largest absolute Gasteiger partial charge is 0.359 e. The molecule has 9 atom stereocenters. The van der Waals surface area contributed by atoms with Crippen molar-refractivity contribution in [2.24, 2.45) is 23.7 Å². The molecule has 3 heterocycles. The minimum absolute atomic E-state index is 0.0138. The predicted octanol–water partition coefficient (Wildman–Crippen LogP) is 5.78. The Bertz CT molecular complexity index is 1380. The zero-order valence-corrected chi connectivity index (χ0v) is 24.9. The molecular weight excluding hydrogens is 561 g/mol. The van der Waals surface area contributed by atoms with E-state index < -0.39 is 35.6 Å². The second-order valence-corrected chi connectivity index (χ2v) is 12.9. The summed E-state index contributed by atoms with van der Waals surface area (Å²) in [6.07, 6.45) is 6.12. The van der Waals surface area contributed by atoms with E-state index in [1.807, 2.05) is 49.4 Å². The molecule has 3 aliphatic heterocycles. The Hall–Kier alpha value is -2.87. The molecule has 7 nitrogen and oxygen atoms in total. The van der Waals surface area contributed by atoms with Crippen LogP contribution < -0.4 is 10.6 Å². The number of amides is 3. The van der Waals surface area contributed by atoms with E-state index in [0.29, 0.717) is 27.6 Å². The Morgan fingerprint density at radius 1 is 1.05 bits per heavy atom. The van der Waals surface area contributed by atoms with Gasteiger partial charge in [0.25, 0.3) is 0 Å². The summed E-state index contributed by atoms with van der Waals surface area (Å²) in [5.74, 6) is -1.72. The van der Waals surface area contributed by atoms with Gasteiger partial charge in [0.15, 0.2) is 0 Å². The number of nitrogens with zero attached hydrogens (tertiary/aromatic N) is 1. The van der Waals surface area contributed by atoms with Gasteiger partial charge in [-0.25, -0.2) is 0 Å². The van der Waals surface area contributed by atoms with Gasteiger partial charge in [0.1, 0.15) is 11.6 Å². The summed E-state index contributed by atoms with van der Waals surface area (Å²) in [5.41, 5.74) is 0.0950. The summed E-state index contributed by atoms with van der Waals surface area (Å²) in [4.78, 5) is 44.1. The summed E-state index contributed by atoms with van der Waals surface area (Å²) in [7, 11) is 0. The molecule has 6 rings (SSSR count). The van der Waals surface area contributed by atoms with Crippen LogP contribution in [0.3, 0.4) is 0 Å². The average Bonchev–Trinajstić information content (AvgIpc) is 3.58. The minimum atomic E-state index is -1.24. The van der Waals surface area contributed by atoms with Gasteiger partial charge in [-0.05, 0) is 48.9 Å². The van der Waals surface area contributed by atoms with E-state index in [2.05, 4.69) is 24.5 Å². The smallest absolute Gasteiger partial charge is 0.246 e. The fraction of sp³-hybridized carbons (Fsp3) is 0.469. The molecule has 1 spiro atoms. The average molecular weight is 597 g/mol. The third kappa shape index (κ3) is 4.76. The number of carbonyl (C=O) groups is 3. The van der Waals surface area contributed by atoms with Gasteiger partial charge < -0.3 is 20.3 Å². The maximum absolute atomic E-state index is 14.4. The van der Waals surface area contributed by atoms with Crippen molar-refractivity contribution >= 4 is 46.6 Å². The molecule has 41 heavy (non-hydrogen) atoms. The molecule has 2 N–H and O–H groups in total. The van der Waals surface area contributed by atoms with Crippen LogP contribution in [0, 0.1) is 23.7 Å². The van der Waals surface area contributed by atoms with Crippen LogP contribution in [0.15, 0.2) is 60.7 Å². The molecule has 1 saturated carbocycles. The molecule has 3 fully saturated rings. The fourth-order valence-corrected chi connectivity index (χ4v) is 7.94. The molecule has 1 aliphatic carbocycles. The van der Waals surface area contributed by atoms with Crippen molar-refractivity contribution in [1.29, 1.82) is 0 Å². The molecule has 2 saturated heterocycles. The maximum atomic E-state index is 14.4. The first kappa shape index (κ1) is 28.3. The van der Waals surface area contributed by atoms with E-state index in [4.69, 9.17) is 27.9 Å². The van der Waals surface area contributed by atoms with E-state index in [0.717, 1.165) is 24.8 Å². The van der Waals surface area contributed by atoms with Gasteiger partial charge in [-0.3, -0.25) is 14.4 Å². The number of ether oxygens (including phenoxy) is 1. The summed E-state index contributed by atoms with van der Waals surface area (Å²) < 4.78 is 6.51. The summed E-state index contributed by atoms with van der Waals surface area (Å²) in [6, 6.07) is 13.1. The predicted molar refractivity (Wildman–Crippen MR) is 158 cm³/mol. The third-order valence-corrected chi connectivity index (χ3v) is 10.2.